The lowest BCUT2D eigenvalue weighted by Gasteiger charge is -2.27. The van der Waals surface area contributed by atoms with Gasteiger partial charge in [-0.3, -0.25) is 4.79 Å². The number of fused-ring (bicyclic) bond motifs is 1. The van der Waals surface area contributed by atoms with E-state index in [0.717, 1.165) is 11.1 Å². The minimum Gasteiger partial charge on any atom is -0.378 e. The van der Waals surface area contributed by atoms with Crippen molar-refractivity contribution in [3.8, 4) is 5.69 Å². The van der Waals surface area contributed by atoms with Gasteiger partial charge in [0.05, 0.1) is 18.8 Å². The number of hydrogen-bond donors (Lipinski definition) is 1. The van der Waals surface area contributed by atoms with Gasteiger partial charge in [-0.1, -0.05) is 6.07 Å². The highest BCUT2D eigenvalue weighted by molar-refractivity contribution is 5.95. The molecule has 1 saturated heterocycles. The summed E-state index contributed by atoms with van der Waals surface area (Å²) in [5.74, 6) is -0.430. The predicted octanol–water partition coefficient (Wildman–Crippen LogP) is 4.39. The van der Waals surface area contributed by atoms with E-state index in [9.17, 15) is 9.18 Å². The lowest BCUT2D eigenvalue weighted by molar-refractivity contribution is 0.0300. The van der Waals surface area contributed by atoms with Gasteiger partial charge in [0.25, 0.3) is 5.91 Å². The molecule has 0 bridgehead atoms. The number of nitrogens with one attached hydrogen (secondary N) is 1. The van der Waals surface area contributed by atoms with Gasteiger partial charge >= 0.3 is 0 Å². The number of hydrogen-bond acceptors (Lipinski definition) is 5. The number of carbonyl (C=O) groups excluding carboxylic acids is 1. The first-order valence-corrected chi connectivity index (χ1v) is 10.8. The molecule has 0 saturated carbocycles. The zero-order chi connectivity index (χ0) is 22.9. The molecule has 2 aromatic carbocycles. The molecule has 8 heteroatoms. The second-order valence-corrected chi connectivity index (χ2v) is 8.15. The number of amides is 1. The topological polar surface area (TPSA) is 72.3 Å². The Hall–Kier alpha value is -3.78. The summed E-state index contributed by atoms with van der Waals surface area (Å²) in [6, 6.07) is 12.6. The van der Waals surface area contributed by atoms with Gasteiger partial charge in [-0.25, -0.2) is 9.37 Å². The van der Waals surface area contributed by atoms with Gasteiger partial charge in [0, 0.05) is 42.2 Å². The third-order valence-corrected chi connectivity index (χ3v) is 5.95. The van der Waals surface area contributed by atoms with Gasteiger partial charge < -0.3 is 19.5 Å². The van der Waals surface area contributed by atoms with Crippen LogP contribution >= 0.6 is 0 Å². The Labute approximate surface area is 190 Å². The van der Waals surface area contributed by atoms with Crippen LogP contribution in [0.5, 0.6) is 0 Å². The molecule has 0 atom stereocenters. The normalized spacial score (nSPS) is 14.0. The molecule has 2 aromatic heterocycles. The largest absolute Gasteiger partial charge is 0.378 e. The van der Waals surface area contributed by atoms with Crippen LogP contribution in [0.1, 0.15) is 21.5 Å². The van der Waals surface area contributed by atoms with E-state index < -0.39 is 5.82 Å². The summed E-state index contributed by atoms with van der Waals surface area (Å²) in [6.07, 6.45) is 3.55. The lowest BCUT2D eigenvalue weighted by atomic mass is 10.1. The van der Waals surface area contributed by atoms with Crippen LogP contribution in [0.3, 0.4) is 0 Å². The van der Waals surface area contributed by atoms with Crippen LogP contribution in [0.15, 0.2) is 54.9 Å². The highest BCUT2D eigenvalue weighted by Crippen LogP contribution is 2.24. The number of nitrogens with zero attached hydrogens (tertiary/aromatic N) is 4. The molecule has 1 amide bonds. The van der Waals surface area contributed by atoms with Crippen LogP contribution < -0.4 is 5.32 Å². The number of ether oxygens (including phenoxy) is 1. The highest BCUT2D eigenvalue weighted by atomic mass is 19.1. The fourth-order valence-electron chi connectivity index (χ4n) is 3.90. The predicted molar refractivity (Wildman–Crippen MR) is 125 cm³/mol. The monoisotopic (exact) mass is 445 g/mol. The zero-order valence-electron chi connectivity index (χ0n) is 18.5. The fourth-order valence-corrected chi connectivity index (χ4v) is 3.90. The first-order valence-electron chi connectivity index (χ1n) is 10.8. The first-order chi connectivity index (χ1) is 16.0. The van der Waals surface area contributed by atoms with E-state index in [1.54, 1.807) is 21.7 Å². The van der Waals surface area contributed by atoms with Gasteiger partial charge in [-0.05, 0) is 61.4 Å². The van der Waals surface area contributed by atoms with Crippen LogP contribution in [0.25, 0.3) is 16.7 Å². The van der Waals surface area contributed by atoms with Crippen molar-refractivity contribution in [3.05, 3.63) is 77.4 Å². The van der Waals surface area contributed by atoms with Crippen LogP contribution in [0.2, 0.25) is 0 Å². The van der Waals surface area contributed by atoms with Crippen molar-refractivity contribution in [3.63, 3.8) is 0 Å². The van der Waals surface area contributed by atoms with Gasteiger partial charge in [-0.2, -0.15) is 4.98 Å². The molecule has 168 valence electrons. The average molecular weight is 445 g/mol. The van der Waals surface area contributed by atoms with Gasteiger partial charge in [-0.15, -0.1) is 0 Å². The van der Waals surface area contributed by atoms with Crippen molar-refractivity contribution in [1.29, 1.82) is 0 Å². The maximum atomic E-state index is 14.9. The standard InChI is InChI=1S/C25H24FN5O2/c1-16-3-4-19(13-17(16)2)28-25-27-15-18-7-8-31(23(18)29-25)20-5-6-21(22(26)14-20)24(32)30-9-11-33-12-10-30/h3-8,13-15H,9-12H2,1-2H3,(H,27,28,29). The van der Waals surface area contributed by atoms with E-state index in [-0.39, 0.29) is 11.5 Å². The minimum absolute atomic E-state index is 0.0591. The Morgan fingerprint density at radius 1 is 1.06 bits per heavy atom. The average Bonchev–Trinajstić information content (AvgIpc) is 3.25. The second kappa shape index (κ2) is 8.63. The Kier molecular flexibility index (Phi) is 5.51. The van der Waals surface area contributed by atoms with Crippen LogP contribution in [0.4, 0.5) is 16.0 Å². The molecule has 0 radical (unpaired) electrons. The third kappa shape index (κ3) is 4.17. The maximum absolute atomic E-state index is 14.9. The van der Waals surface area contributed by atoms with Crippen LogP contribution in [-0.4, -0.2) is 51.6 Å². The molecule has 3 heterocycles. The lowest BCUT2D eigenvalue weighted by Crippen LogP contribution is -2.41. The Bertz CT molecular complexity index is 1340. The molecule has 1 aliphatic rings. The molecule has 1 aliphatic heterocycles. The second-order valence-electron chi connectivity index (χ2n) is 8.15. The number of anilines is 2. The first kappa shape index (κ1) is 21.1. The smallest absolute Gasteiger partial charge is 0.256 e. The van der Waals surface area contributed by atoms with E-state index in [2.05, 4.69) is 29.1 Å². The number of halogens is 1. The summed E-state index contributed by atoms with van der Waals surface area (Å²) < 4.78 is 22.0. The number of morpholine rings is 1. The molecule has 33 heavy (non-hydrogen) atoms. The molecular weight excluding hydrogens is 421 g/mol. The van der Waals surface area contributed by atoms with Crippen molar-refractivity contribution in [1.82, 2.24) is 19.4 Å². The quantitative estimate of drug-likeness (QED) is 0.504. The molecule has 0 spiro atoms. The summed E-state index contributed by atoms with van der Waals surface area (Å²) >= 11 is 0. The van der Waals surface area contributed by atoms with Crippen molar-refractivity contribution >= 4 is 28.6 Å². The van der Waals surface area contributed by atoms with Crippen molar-refractivity contribution in [2.75, 3.05) is 31.6 Å². The van der Waals surface area contributed by atoms with E-state index in [1.165, 1.54) is 23.3 Å². The molecule has 1 N–H and O–H groups in total. The maximum Gasteiger partial charge on any atom is 0.256 e. The van der Waals surface area contributed by atoms with Crippen LogP contribution in [-0.2, 0) is 4.74 Å². The van der Waals surface area contributed by atoms with Gasteiger partial charge in [0.1, 0.15) is 11.5 Å². The van der Waals surface area contributed by atoms with Crippen molar-refractivity contribution in [2.45, 2.75) is 13.8 Å². The van der Waals surface area contributed by atoms with Gasteiger partial charge in [0.15, 0.2) is 0 Å². The summed E-state index contributed by atoms with van der Waals surface area (Å²) in [4.78, 5) is 23.4. The van der Waals surface area contributed by atoms with Gasteiger partial charge in [0.2, 0.25) is 5.95 Å². The van der Waals surface area contributed by atoms with E-state index in [1.807, 2.05) is 30.5 Å². The number of carbonyl (C=O) groups is 1. The van der Waals surface area contributed by atoms with Crippen LogP contribution in [0, 0.1) is 19.7 Å². The number of benzene rings is 2. The molecule has 4 aromatic rings. The van der Waals surface area contributed by atoms with Crippen molar-refractivity contribution < 1.29 is 13.9 Å². The number of rotatable bonds is 4. The van der Waals surface area contributed by atoms with Crippen molar-refractivity contribution in [2.24, 2.45) is 0 Å². The van der Waals surface area contributed by atoms with E-state index in [0.29, 0.717) is 43.6 Å². The summed E-state index contributed by atoms with van der Waals surface area (Å²) in [7, 11) is 0. The summed E-state index contributed by atoms with van der Waals surface area (Å²) in [6.45, 7) is 5.99. The fraction of sp³-hybridized carbons (Fsp3) is 0.240. The molecule has 5 rings (SSSR count). The molecule has 7 nitrogen and oxygen atoms in total. The van der Waals surface area contributed by atoms with E-state index >= 15 is 0 Å². The minimum atomic E-state index is -0.562. The Balaban J connectivity index is 1.44. The summed E-state index contributed by atoms with van der Waals surface area (Å²) in [5.41, 5.74) is 4.56. The SMILES string of the molecule is Cc1ccc(Nc2ncc3ccn(-c4ccc(C(=O)N5CCOCC5)c(F)c4)c3n2)cc1C. The summed E-state index contributed by atoms with van der Waals surface area (Å²) in [5, 5.41) is 4.06. The number of aromatic nitrogens is 3. The third-order valence-electron chi connectivity index (χ3n) is 5.95. The number of aryl methyl sites for hydroxylation is 2. The van der Waals surface area contributed by atoms with E-state index in [4.69, 9.17) is 4.74 Å². The highest BCUT2D eigenvalue weighted by Gasteiger charge is 2.22. The molecule has 0 aliphatic carbocycles. The Morgan fingerprint density at radius 3 is 2.64 bits per heavy atom. The molecule has 0 unspecified atom stereocenters. The zero-order valence-corrected chi connectivity index (χ0v) is 18.5. The molecule has 1 fully saturated rings. The molecular formula is C25H24FN5O2. The Morgan fingerprint density at radius 2 is 1.88 bits per heavy atom.